The number of esters is 1. The molecule has 1 unspecified atom stereocenters. The van der Waals surface area contributed by atoms with Gasteiger partial charge in [0, 0.05) is 19.6 Å². The molecule has 0 aromatic carbocycles. The van der Waals surface area contributed by atoms with Crippen molar-refractivity contribution in [3.05, 3.63) is 0 Å². The van der Waals surface area contributed by atoms with Crippen LogP contribution in [0, 0.1) is 5.92 Å². The van der Waals surface area contributed by atoms with Crippen LogP contribution >= 0.6 is 0 Å². The molecule has 0 aliphatic carbocycles. The predicted octanol–water partition coefficient (Wildman–Crippen LogP) is 3.20. The fourth-order valence-electron chi connectivity index (χ4n) is 2.54. The molecule has 5 heteroatoms. The van der Waals surface area contributed by atoms with Gasteiger partial charge < -0.3 is 15.2 Å². The fourth-order valence-corrected chi connectivity index (χ4v) is 2.54. The molecule has 2 N–H and O–H groups in total. The molecule has 0 bridgehead atoms. The molecule has 5 nitrogen and oxygen atoms in total. The molecule has 1 fully saturated rings. The van der Waals surface area contributed by atoms with E-state index in [0.717, 1.165) is 6.42 Å². The zero-order chi connectivity index (χ0) is 17.3. The number of carbonyl (C=O) groups excluding carboxylic acids is 2. The van der Waals surface area contributed by atoms with E-state index in [2.05, 4.69) is 17.0 Å². The lowest BCUT2D eigenvalue weighted by molar-refractivity contribution is -0.145. The van der Waals surface area contributed by atoms with E-state index in [1.807, 2.05) is 0 Å². The zero-order valence-corrected chi connectivity index (χ0v) is 14.9. The van der Waals surface area contributed by atoms with Gasteiger partial charge in [0.05, 0.1) is 13.0 Å². The van der Waals surface area contributed by atoms with Crippen molar-refractivity contribution in [2.75, 3.05) is 20.3 Å². The molecule has 1 heterocycles. The van der Waals surface area contributed by atoms with Gasteiger partial charge in [0.25, 0.3) is 0 Å². The van der Waals surface area contributed by atoms with Crippen LogP contribution in [0.2, 0.25) is 0 Å². The highest BCUT2D eigenvalue weighted by atomic mass is 16.5. The fraction of sp³-hybridized carbons (Fsp3) is 0.889. The van der Waals surface area contributed by atoms with Gasteiger partial charge >= 0.3 is 5.97 Å². The van der Waals surface area contributed by atoms with E-state index in [0.29, 0.717) is 13.2 Å². The third kappa shape index (κ3) is 13.1. The van der Waals surface area contributed by atoms with E-state index in [9.17, 15) is 9.59 Å². The maximum Gasteiger partial charge on any atom is 0.310 e. The second kappa shape index (κ2) is 15.8. The van der Waals surface area contributed by atoms with Crippen molar-refractivity contribution in [2.45, 2.75) is 77.6 Å². The van der Waals surface area contributed by atoms with Gasteiger partial charge in [-0.05, 0) is 6.42 Å². The van der Waals surface area contributed by atoms with Crippen LogP contribution in [0.15, 0.2) is 0 Å². The summed E-state index contributed by atoms with van der Waals surface area (Å²) in [5, 5.41) is 11.1. The summed E-state index contributed by atoms with van der Waals surface area (Å²) in [6, 6.07) is 0. The smallest absolute Gasteiger partial charge is 0.310 e. The Morgan fingerprint density at radius 2 is 1.61 bits per heavy atom. The van der Waals surface area contributed by atoms with Crippen molar-refractivity contribution in [3.8, 4) is 0 Å². The maximum atomic E-state index is 10.7. The van der Waals surface area contributed by atoms with Gasteiger partial charge in [0.2, 0.25) is 5.91 Å². The summed E-state index contributed by atoms with van der Waals surface area (Å²) in [7, 11) is 1.32. The van der Waals surface area contributed by atoms with Crippen molar-refractivity contribution in [1.29, 1.82) is 0 Å². The minimum Gasteiger partial charge on any atom is -0.469 e. The van der Waals surface area contributed by atoms with Crippen molar-refractivity contribution >= 4 is 11.9 Å². The van der Waals surface area contributed by atoms with Crippen LogP contribution in [0.3, 0.4) is 0 Å². The lowest BCUT2D eigenvalue weighted by Gasteiger charge is -2.01. The number of methoxy groups -OCH3 is 1. The van der Waals surface area contributed by atoms with Crippen molar-refractivity contribution < 1.29 is 19.4 Å². The average molecular weight is 329 g/mol. The zero-order valence-electron chi connectivity index (χ0n) is 14.9. The van der Waals surface area contributed by atoms with Crippen molar-refractivity contribution in [1.82, 2.24) is 5.32 Å². The first kappa shape index (κ1) is 21.9. The average Bonchev–Trinajstić information content (AvgIpc) is 3.00. The summed E-state index contributed by atoms with van der Waals surface area (Å²) in [6.07, 6.45) is 13.6. The lowest BCUT2D eigenvalue weighted by Crippen LogP contribution is -2.19. The quantitative estimate of drug-likeness (QED) is 0.451. The molecule has 136 valence electrons. The van der Waals surface area contributed by atoms with E-state index in [4.69, 9.17) is 5.11 Å². The van der Waals surface area contributed by atoms with Gasteiger partial charge in [-0.15, -0.1) is 0 Å². The third-order valence-corrected chi connectivity index (χ3v) is 4.02. The Morgan fingerprint density at radius 1 is 1.09 bits per heavy atom. The highest BCUT2D eigenvalue weighted by molar-refractivity contribution is 5.86. The molecule has 1 saturated heterocycles. The first-order valence-electron chi connectivity index (χ1n) is 9.11. The molecule has 1 amide bonds. The number of nitrogens with one attached hydrogen (secondary N) is 1. The summed E-state index contributed by atoms with van der Waals surface area (Å²) in [4.78, 5) is 21.3. The normalized spacial score (nSPS) is 16.5. The third-order valence-electron chi connectivity index (χ3n) is 4.02. The SMILES string of the molecule is CCCCCCCCCCCCO.COC(=O)C1CNC(=O)C1. The number of rotatable bonds is 11. The molecule has 1 rings (SSSR count). The second-order valence-electron chi connectivity index (χ2n) is 6.13. The van der Waals surface area contributed by atoms with E-state index in [1.54, 1.807) is 0 Å². The molecule has 0 saturated carbocycles. The van der Waals surface area contributed by atoms with Crippen LogP contribution in [0.5, 0.6) is 0 Å². The Morgan fingerprint density at radius 3 is 2.00 bits per heavy atom. The Balaban J connectivity index is 0.000000433. The molecule has 1 aliphatic rings. The summed E-state index contributed by atoms with van der Waals surface area (Å²) in [5.74, 6) is -0.647. The molecule has 0 radical (unpaired) electrons. The summed E-state index contributed by atoms with van der Waals surface area (Å²) in [6.45, 7) is 3.05. The second-order valence-corrected chi connectivity index (χ2v) is 6.13. The topological polar surface area (TPSA) is 75.6 Å². The summed E-state index contributed by atoms with van der Waals surface area (Å²) in [5.41, 5.74) is 0. The van der Waals surface area contributed by atoms with Crippen LogP contribution in [-0.4, -0.2) is 37.2 Å². The van der Waals surface area contributed by atoms with E-state index < -0.39 is 0 Å². The number of unbranched alkanes of at least 4 members (excludes halogenated alkanes) is 9. The van der Waals surface area contributed by atoms with Gasteiger partial charge in [0.15, 0.2) is 0 Å². The van der Waals surface area contributed by atoms with E-state index >= 15 is 0 Å². The van der Waals surface area contributed by atoms with Gasteiger partial charge in [0.1, 0.15) is 0 Å². The molecule has 1 atom stereocenters. The van der Waals surface area contributed by atoms with Crippen molar-refractivity contribution in [3.63, 3.8) is 0 Å². The summed E-state index contributed by atoms with van der Waals surface area (Å²) >= 11 is 0. The van der Waals surface area contributed by atoms with Crippen LogP contribution in [0.1, 0.15) is 77.6 Å². The molecule has 1 aliphatic heterocycles. The van der Waals surface area contributed by atoms with Crippen LogP contribution in [0.25, 0.3) is 0 Å². The van der Waals surface area contributed by atoms with E-state index in [1.165, 1.54) is 64.9 Å². The predicted molar refractivity (Wildman–Crippen MR) is 92.1 cm³/mol. The first-order valence-corrected chi connectivity index (χ1v) is 9.11. The Labute approximate surface area is 141 Å². The standard InChI is InChI=1S/C12H26O.C6H9NO3/c1-2-3-4-5-6-7-8-9-10-11-12-13;1-10-6(9)4-2-5(8)7-3-4/h13H,2-12H2,1H3;4H,2-3H2,1H3,(H,7,8). The number of aliphatic hydroxyl groups is 1. The molecular formula is C18H35NO4. The highest BCUT2D eigenvalue weighted by Crippen LogP contribution is 2.10. The molecule has 23 heavy (non-hydrogen) atoms. The highest BCUT2D eigenvalue weighted by Gasteiger charge is 2.28. The van der Waals surface area contributed by atoms with Gasteiger partial charge in [-0.1, -0.05) is 64.7 Å². The molecule has 0 aromatic rings. The Bertz CT molecular complexity index is 297. The van der Waals surface area contributed by atoms with Crippen LogP contribution in [0.4, 0.5) is 0 Å². The van der Waals surface area contributed by atoms with Crippen LogP contribution < -0.4 is 5.32 Å². The minimum atomic E-state index is -0.307. The molecule has 0 spiro atoms. The molecular weight excluding hydrogens is 294 g/mol. The number of carbonyl (C=O) groups is 2. The van der Waals surface area contributed by atoms with Gasteiger partial charge in [-0.2, -0.15) is 0 Å². The summed E-state index contributed by atoms with van der Waals surface area (Å²) < 4.78 is 4.45. The monoisotopic (exact) mass is 329 g/mol. The largest absolute Gasteiger partial charge is 0.469 e. The van der Waals surface area contributed by atoms with Crippen molar-refractivity contribution in [2.24, 2.45) is 5.92 Å². The van der Waals surface area contributed by atoms with E-state index in [-0.39, 0.29) is 24.2 Å². The molecule has 0 aromatic heterocycles. The number of hydrogen-bond donors (Lipinski definition) is 2. The number of ether oxygens (including phenoxy) is 1. The number of aliphatic hydroxyl groups excluding tert-OH is 1. The number of amides is 1. The van der Waals surface area contributed by atoms with Gasteiger partial charge in [-0.25, -0.2) is 0 Å². The first-order chi connectivity index (χ1) is 11.2. The Kier molecular flexibility index (Phi) is 15.0. The Hall–Kier alpha value is -1.10. The lowest BCUT2D eigenvalue weighted by atomic mass is 10.1. The maximum absolute atomic E-state index is 10.7. The minimum absolute atomic E-state index is 0.0737. The van der Waals surface area contributed by atoms with Gasteiger partial charge in [-0.3, -0.25) is 9.59 Å². The number of hydrogen-bond acceptors (Lipinski definition) is 4. The van der Waals surface area contributed by atoms with Crippen LogP contribution in [-0.2, 0) is 14.3 Å².